The second-order valence-electron chi connectivity index (χ2n) is 8.71. The molecule has 38 heavy (non-hydrogen) atoms. The number of fused-ring (bicyclic) bond motifs is 1. The number of benzene rings is 2. The van der Waals surface area contributed by atoms with E-state index in [0.29, 0.717) is 47.9 Å². The van der Waals surface area contributed by atoms with Crippen molar-refractivity contribution in [3.63, 3.8) is 0 Å². The highest BCUT2D eigenvalue weighted by Crippen LogP contribution is 2.31. The van der Waals surface area contributed by atoms with Crippen molar-refractivity contribution in [3.05, 3.63) is 71.7 Å². The maximum absolute atomic E-state index is 14.8. The summed E-state index contributed by atoms with van der Waals surface area (Å²) in [4.78, 5) is 21.6. The Morgan fingerprint density at radius 1 is 1.18 bits per heavy atom. The van der Waals surface area contributed by atoms with Gasteiger partial charge in [-0.05, 0) is 49.2 Å². The molecule has 0 unspecified atom stereocenters. The maximum Gasteiger partial charge on any atom is 0.251 e. The lowest BCUT2D eigenvalue weighted by Gasteiger charge is -2.17. The zero-order valence-corrected chi connectivity index (χ0v) is 21.4. The number of nitrogens with one attached hydrogen (secondary N) is 3. The minimum atomic E-state index is -1.07. The highest BCUT2D eigenvalue weighted by Gasteiger charge is 2.19. The summed E-state index contributed by atoms with van der Waals surface area (Å²) in [5, 5.41) is 18.1. The van der Waals surface area contributed by atoms with Crippen LogP contribution in [0.2, 0.25) is 0 Å². The van der Waals surface area contributed by atoms with Crippen LogP contribution in [0.4, 0.5) is 20.3 Å². The molecule has 200 valence electrons. The molecule has 0 aliphatic carbocycles. The standard InChI is InChI=1S/C27H30F2N6O3/c1-4-17-13-18(5-6-19(17)27(37)33-16(2)14-30-10-12-36)34-25-26-32-15-21(35(26)11-9-31-25)20-7-8-22(38-3)24(29)23(20)28/h5-9,11,13,15-16,30,36H,4,10,12,14H2,1-3H3,(H,31,34)(H,33,37)/t16-/m0/s1. The minimum Gasteiger partial charge on any atom is -0.494 e. The molecule has 0 spiro atoms. The molecule has 4 rings (SSSR count). The summed E-state index contributed by atoms with van der Waals surface area (Å²) in [5.41, 5.74) is 2.92. The van der Waals surface area contributed by atoms with E-state index in [-0.39, 0.29) is 29.9 Å². The number of nitrogens with zero attached hydrogens (tertiary/aromatic N) is 3. The van der Waals surface area contributed by atoms with Crippen molar-refractivity contribution < 1.29 is 23.4 Å². The molecule has 1 amide bonds. The Kier molecular flexibility index (Phi) is 8.49. The molecule has 4 N–H and O–H groups in total. The number of amides is 1. The number of methoxy groups -OCH3 is 1. The predicted octanol–water partition coefficient (Wildman–Crippen LogP) is 3.69. The summed E-state index contributed by atoms with van der Waals surface area (Å²) in [6, 6.07) is 8.08. The average molecular weight is 525 g/mol. The van der Waals surface area contributed by atoms with Crippen molar-refractivity contribution in [2.24, 2.45) is 0 Å². The van der Waals surface area contributed by atoms with Gasteiger partial charge in [0.05, 0.1) is 25.6 Å². The number of hydrogen-bond donors (Lipinski definition) is 4. The van der Waals surface area contributed by atoms with Crippen molar-refractivity contribution in [2.45, 2.75) is 26.3 Å². The SMILES string of the molecule is CCc1cc(Nc2nccn3c(-c4ccc(OC)c(F)c4F)cnc23)ccc1C(=O)N[C@@H](C)CNCCO. The number of aryl methyl sites for hydroxylation is 1. The van der Waals surface area contributed by atoms with E-state index in [4.69, 9.17) is 9.84 Å². The van der Waals surface area contributed by atoms with Gasteiger partial charge in [-0.25, -0.2) is 14.4 Å². The molecule has 2 heterocycles. The van der Waals surface area contributed by atoms with Gasteiger partial charge in [-0.3, -0.25) is 9.20 Å². The summed E-state index contributed by atoms with van der Waals surface area (Å²) in [6.07, 6.45) is 5.23. The van der Waals surface area contributed by atoms with Gasteiger partial charge >= 0.3 is 0 Å². The van der Waals surface area contributed by atoms with Crippen LogP contribution in [0.5, 0.6) is 5.75 Å². The van der Waals surface area contributed by atoms with E-state index < -0.39 is 11.6 Å². The molecule has 2 aromatic carbocycles. The normalized spacial score (nSPS) is 11.9. The number of anilines is 2. The fourth-order valence-corrected chi connectivity index (χ4v) is 4.17. The van der Waals surface area contributed by atoms with Crippen molar-refractivity contribution in [1.29, 1.82) is 0 Å². The number of carbonyl (C=O) groups is 1. The van der Waals surface area contributed by atoms with Gasteiger partial charge in [0.1, 0.15) is 0 Å². The van der Waals surface area contributed by atoms with E-state index in [1.54, 1.807) is 22.7 Å². The second-order valence-corrected chi connectivity index (χ2v) is 8.71. The topological polar surface area (TPSA) is 113 Å². The molecule has 0 aliphatic heterocycles. The summed E-state index contributed by atoms with van der Waals surface area (Å²) in [6.45, 7) is 4.90. The largest absolute Gasteiger partial charge is 0.494 e. The third kappa shape index (κ3) is 5.58. The molecule has 9 nitrogen and oxygen atoms in total. The summed E-state index contributed by atoms with van der Waals surface area (Å²) < 4.78 is 35.6. The zero-order valence-electron chi connectivity index (χ0n) is 21.4. The van der Waals surface area contributed by atoms with Crippen LogP contribution in [0.3, 0.4) is 0 Å². The highest BCUT2D eigenvalue weighted by molar-refractivity contribution is 5.96. The van der Waals surface area contributed by atoms with Crippen molar-refractivity contribution in [2.75, 3.05) is 32.1 Å². The van der Waals surface area contributed by atoms with Crippen LogP contribution in [0.15, 0.2) is 48.9 Å². The molecule has 1 atom stereocenters. The first-order valence-electron chi connectivity index (χ1n) is 12.2. The second kappa shape index (κ2) is 12.0. The number of aliphatic hydroxyl groups excluding tert-OH is 1. The van der Waals surface area contributed by atoms with Crippen LogP contribution in [0.25, 0.3) is 16.9 Å². The van der Waals surface area contributed by atoms with Crippen LogP contribution >= 0.6 is 0 Å². The van der Waals surface area contributed by atoms with Crippen LogP contribution in [0.1, 0.15) is 29.8 Å². The number of halogens is 2. The van der Waals surface area contributed by atoms with Gasteiger partial charge in [0.15, 0.2) is 23.0 Å². The molecule has 0 aliphatic rings. The van der Waals surface area contributed by atoms with Crippen LogP contribution in [0, 0.1) is 11.6 Å². The predicted molar refractivity (Wildman–Crippen MR) is 141 cm³/mol. The third-order valence-electron chi connectivity index (χ3n) is 6.08. The Balaban J connectivity index is 1.58. The molecule has 0 saturated carbocycles. The lowest BCUT2D eigenvalue weighted by atomic mass is 10.0. The van der Waals surface area contributed by atoms with E-state index in [1.807, 2.05) is 19.9 Å². The van der Waals surface area contributed by atoms with E-state index in [0.717, 1.165) is 5.56 Å². The molecule has 0 bridgehead atoms. The maximum atomic E-state index is 14.8. The summed E-state index contributed by atoms with van der Waals surface area (Å²) in [5.74, 6) is -2.05. The van der Waals surface area contributed by atoms with E-state index in [2.05, 4.69) is 25.9 Å². The van der Waals surface area contributed by atoms with E-state index in [1.165, 1.54) is 31.6 Å². The van der Waals surface area contributed by atoms with Gasteiger partial charge in [-0.15, -0.1) is 0 Å². The third-order valence-corrected chi connectivity index (χ3v) is 6.08. The average Bonchev–Trinajstić information content (AvgIpc) is 3.35. The number of imidazole rings is 1. The van der Waals surface area contributed by atoms with Crippen LogP contribution in [-0.4, -0.2) is 58.2 Å². The molecule has 11 heteroatoms. The molecule has 0 fully saturated rings. The van der Waals surface area contributed by atoms with Gasteiger partial charge in [-0.1, -0.05) is 6.92 Å². The van der Waals surface area contributed by atoms with Gasteiger partial charge in [0.25, 0.3) is 5.91 Å². The first kappa shape index (κ1) is 27.0. The van der Waals surface area contributed by atoms with Gasteiger partial charge < -0.3 is 25.8 Å². The van der Waals surface area contributed by atoms with Crippen molar-refractivity contribution >= 4 is 23.1 Å². The smallest absolute Gasteiger partial charge is 0.251 e. The number of hydrogen-bond acceptors (Lipinski definition) is 7. The van der Waals surface area contributed by atoms with Crippen molar-refractivity contribution in [3.8, 4) is 17.0 Å². The summed E-state index contributed by atoms with van der Waals surface area (Å²) in [7, 11) is 1.28. The first-order valence-corrected chi connectivity index (χ1v) is 12.2. The minimum absolute atomic E-state index is 0.0364. The van der Waals surface area contributed by atoms with E-state index in [9.17, 15) is 13.6 Å². The Hall–Kier alpha value is -4.09. The molecule has 0 saturated heterocycles. The quantitative estimate of drug-likeness (QED) is 0.221. The van der Waals surface area contributed by atoms with Gasteiger partial charge in [-0.2, -0.15) is 4.39 Å². The molecular formula is C27H30F2N6O3. The van der Waals surface area contributed by atoms with Gasteiger partial charge in [0, 0.05) is 48.3 Å². The molecule has 2 aromatic heterocycles. The monoisotopic (exact) mass is 524 g/mol. The Morgan fingerprint density at radius 3 is 2.74 bits per heavy atom. The first-order chi connectivity index (χ1) is 18.4. The van der Waals surface area contributed by atoms with Crippen molar-refractivity contribution in [1.82, 2.24) is 25.0 Å². The Bertz CT molecular complexity index is 1440. The fraction of sp³-hybridized carbons (Fsp3) is 0.296. The Labute approximate surface area is 218 Å². The lowest BCUT2D eigenvalue weighted by molar-refractivity contribution is 0.0938. The lowest BCUT2D eigenvalue weighted by Crippen LogP contribution is -2.40. The fourth-order valence-electron chi connectivity index (χ4n) is 4.17. The highest BCUT2D eigenvalue weighted by atomic mass is 19.2. The number of ether oxygens (including phenoxy) is 1. The van der Waals surface area contributed by atoms with Gasteiger partial charge in [0.2, 0.25) is 5.82 Å². The molecule has 0 radical (unpaired) electrons. The van der Waals surface area contributed by atoms with E-state index >= 15 is 0 Å². The zero-order chi connectivity index (χ0) is 27.2. The number of rotatable bonds is 11. The number of aromatic nitrogens is 3. The van der Waals surface area contributed by atoms with Crippen LogP contribution < -0.4 is 20.7 Å². The molecular weight excluding hydrogens is 494 g/mol. The number of aliphatic hydroxyl groups is 1. The number of carbonyl (C=O) groups excluding carboxylic acids is 1. The summed E-state index contributed by atoms with van der Waals surface area (Å²) >= 11 is 0. The Morgan fingerprint density at radius 2 is 2.00 bits per heavy atom. The van der Waals surface area contributed by atoms with Crippen LogP contribution in [-0.2, 0) is 6.42 Å². The molecule has 4 aromatic rings.